The Morgan fingerprint density at radius 3 is 2.70 bits per heavy atom. The number of nitrogens with one attached hydrogen (secondary N) is 1. The number of benzene rings is 1. The molecular formula is C14H14N4O2. The van der Waals surface area contributed by atoms with Gasteiger partial charge in [-0.15, -0.1) is 0 Å². The average molecular weight is 270 g/mol. The SMILES string of the molecule is CCOc1ccc(-c2c(N)noc2-c2ccn[nH]2)cc1. The molecule has 3 N–H and O–H groups in total. The molecule has 0 fully saturated rings. The lowest BCUT2D eigenvalue weighted by Crippen LogP contribution is -1.92. The zero-order valence-electron chi connectivity index (χ0n) is 11.0. The number of H-pyrrole nitrogens is 1. The molecule has 0 saturated carbocycles. The van der Waals surface area contributed by atoms with Gasteiger partial charge in [0, 0.05) is 6.20 Å². The molecule has 0 aliphatic heterocycles. The zero-order chi connectivity index (χ0) is 13.9. The van der Waals surface area contributed by atoms with E-state index in [2.05, 4.69) is 15.4 Å². The Hall–Kier alpha value is -2.76. The molecule has 0 atom stereocenters. The van der Waals surface area contributed by atoms with Gasteiger partial charge in [0.05, 0.1) is 12.2 Å². The van der Waals surface area contributed by atoms with Gasteiger partial charge in [0.15, 0.2) is 11.6 Å². The standard InChI is InChI=1S/C14H14N4O2/c1-2-19-10-5-3-9(4-6-10)12-13(20-18-14(12)15)11-7-8-16-17-11/h3-8H,2H2,1H3,(H2,15,18)(H,16,17). The summed E-state index contributed by atoms with van der Waals surface area (Å²) in [5.41, 5.74) is 8.30. The summed E-state index contributed by atoms with van der Waals surface area (Å²) in [5.74, 6) is 1.73. The van der Waals surface area contributed by atoms with E-state index >= 15 is 0 Å². The van der Waals surface area contributed by atoms with Gasteiger partial charge in [-0.05, 0) is 30.7 Å². The molecule has 0 spiro atoms. The number of aromatic nitrogens is 3. The van der Waals surface area contributed by atoms with Gasteiger partial charge in [-0.2, -0.15) is 5.10 Å². The van der Waals surface area contributed by atoms with Crippen LogP contribution in [0, 0.1) is 0 Å². The Balaban J connectivity index is 2.03. The highest BCUT2D eigenvalue weighted by Crippen LogP contribution is 2.36. The zero-order valence-corrected chi connectivity index (χ0v) is 11.0. The minimum atomic E-state index is 0.346. The van der Waals surface area contributed by atoms with Crippen LogP contribution in [0.5, 0.6) is 5.75 Å². The fourth-order valence-corrected chi connectivity index (χ4v) is 2.03. The molecule has 102 valence electrons. The van der Waals surface area contributed by atoms with Gasteiger partial charge in [-0.25, -0.2) is 0 Å². The van der Waals surface area contributed by atoms with E-state index < -0.39 is 0 Å². The van der Waals surface area contributed by atoms with Gasteiger partial charge in [0.2, 0.25) is 0 Å². The molecule has 3 aromatic rings. The first-order valence-corrected chi connectivity index (χ1v) is 6.27. The lowest BCUT2D eigenvalue weighted by atomic mass is 10.0. The maximum absolute atomic E-state index is 5.91. The first-order chi connectivity index (χ1) is 9.79. The Morgan fingerprint density at radius 2 is 2.05 bits per heavy atom. The molecular weight excluding hydrogens is 256 g/mol. The second kappa shape index (κ2) is 5.08. The van der Waals surface area contributed by atoms with E-state index in [0.29, 0.717) is 18.2 Å². The van der Waals surface area contributed by atoms with Gasteiger partial charge in [0.25, 0.3) is 0 Å². The van der Waals surface area contributed by atoms with E-state index in [9.17, 15) is 0 Å². The highest BCUT2D eigenvalue weighted by atomic mass is 16.5. The minimum Gasteiger partial charge on any atom is -0.494 e. The number of hydrogen-bond acceptors (Lipinski definition) is 5. The molecule has 1 aromatic carbocycles. The molecule has 0 aliphatic carbocycles. The van der Waals surface area contributed by atoms with Gasteiger partial charge >= 0.3 is 0 Å². The molecule has 0 amide bonds. The Morgan fingerprint density at radius 1 is 1.25 bits per heavy atom. The summed E-state index contributed by atoms with van der Waals surface area (Å²) < 4.78 is 10.7. The van der Waals surface area contributed by atoms with Crippen LogP contribution < -0.4 is 10.5 Å². The number of rotatable bonds is 4. The van der Waals surface area contributed by atoms with Gasteiger partial charge < -0.3 is 15.0 Å². The van der Waals surface area contributed by atoms with Crippen molar-refractivity contribution < 1.29 is 9.26 Å². The van der Waals surface area contributed by atoms with Crippen molar-refractivity contribution in [2.45, 2.75) is 6.92 Å². The van der Waals surface area contributed by atoms with Crippen molar-refractivity contribution in [3.8, 4) is 28.3 Å². The quantitative estimate of drug-likeness (QED) is 0.760. The number of ether oxygens (including phenoxy) is 1. The van der Waals surface area contributed by atoms with Gasteiger partial charge in [-0.3, -0.25) is 5.10 Å². The van der Waals surface area contributed by atoms with E-state index in [1.165, 1.54) is 0 Å². The number of nitrogens with zero attached hydrogens (tertiary/aromatic N) is 2. The minimum absolute atomic E-state index is 0.346. The third kappa shape index (κ3) is 2.11. The van der Waals surface area contributed by atoms with E-state index in [0.717, 1.165) is 22.6 Å². The van der Waals surface area contributed by atoms with Crippen LogP contribution in [0.1, 0.15) is 6.92 Å². The van der Waals surface area contributed by atoms with Crippen molar-refractivity contribution in [1.29, 1.82) is 0 Å². The predicted octanol–water partition coefficient (Wildman–Crippen LogP) is 2.71. The van der Waals surface area contributed by atoms with Crippen LogP contribution in [0.25, 0.3) is 22.6 Å². The Kier molecular flexibility index (Phi) is 3.12. The van der Waals surface area contributed by atoms with Crippen molar-refractivity contribution in [2.75, 3.05) is 12.3 Å². The number of hydrogen-bond donors (Lipinski definition) is 2. The Labute approximate surface area is 115 Å². The number of anilines is 1. The van der Waals surface area contributed by atoms with Crippen molar-refractivity contribution in [2.24, 2.45) is 0 Å². The summed E-state index contributed by atoms with van der Waals surface area (Å²) in [4.78, 5) is 0. The molecule has 20 heavy (non-hydrogen) atoms. The highest BCUT2D eigenvalue weighted by Gasteiger charge is 2.18. The van der Waals surface area contributed by atoms with Crippen LogP contribution in [0.15, 0.2) is 41.1 Å². The topological polar surface area (TPSA) is 90.0 Å². The second-order valence-corrected chi connectivity index (χ2v) is 4.20. The van der Waals surface area contributed by atoms with Crippen LogP contribution in [0.3, 0.4) is 0 Å². The summed E-state index contributed by atoms with van der Waals surface area (Å²) in [7, 11) is 0. The van der Waals surface area contributed by atoms with Crippen molar-refractivity contribution in [3.63, 3.8) is 0 Å². The number of aromatic amines is 1. The summed E-state index contributed by atoms with van der Waals surface area (Å²) >= 11 is 0. The molecule has 6 heteroatoms. The van der Waals surface area contributed by atoms with Crippen LogP contribution in [0.2, 0.25) is 0 Å². The molecule has 6 nitrogen and oxygen atoms in total. The van der Waals surface area contributed by atoms with Crippen molar-refractivity contribution in [3.05, 3.63) is 36.5 Å². The van der Waals surface area contributed by atoms with Crippen LogP contribution in [0.4, 0.5) is 5.82 Å². The molecule has 0 saturated heterocycles. The number of nitrogen functional groups attached to an aromatic ring is 1. The number of nitrogens with two attached hydrogens (primary N) is 1. The highest BCUT2D eigenvalue weighted by molar-refractivity contribution is 5.85. The average Bonchev–Trinajstić information content (AvgIpc) is 3.09. The third-order valence-corrected chi connectivity index (χ3v) is 2.92. The van der Waals surface area contributed by atoms with Crippen LogP contribution >= 0.6 is 0 Å². The smallest absolute Gasteiger partial charge is 0.194 e. The van der Waals surface area contributed by atoms with Gasteiger partial charge in [-0.1, -0.05) is 17.3 Å². The fraction of sp³-hybridized carbons (Fsp3) is 0.143. The molecule has 3 rings (SSSR count). The second-order valence-electron chi connectivity index (χ2n) is 4.20. The predicted molar refractivity (Wildman–Crippen MR) is 75.1 cm³/mol. The molecule has 2 heterocycles. The molecule has 0 bridgehead atoms. The summed E-state index contributed by atoms with van der Waals surface area (Å²) in [6, 6.07) is 9.43. The van der Waals surface area contributed by atoms with Crippen molar-refractivity contribution in [1.82, 2.24) is 15.4 Å². The van der Waals surface area contributed by atoms with Gasteiger partial charge in [0.1, 0.15) is 11.4 Å². The van der Waals surface area contributed by atoms with E-state index in [1.54, 1.807) is 12.3 Å². The molecule has 0 unspecified atom stereocenters. The lowest BCUT2D eigenvalue weighted by Gasteiger charge is -2.05. The van der Waals surface area contributed by atoms with E-state index in [4.69, 9.17) is 15.0 Å². The van der Waals surface area contributed by atoms with Crippen LogP contribution in [-0.4, -0.2) is 22.0 Å². The molecule has 0 radical (unpaired) electrons. The summed E-state index contributed by atoms with van der Waals surface area (Å²) in [6.45, 7) is 2.58. The van der Waals surface area contributed by atoms with E-state index in [1.807, 2.05) is 31.2 Å². The van der Waals surface area contributed by atoms with E-state index in [-0.39, 0.29) is 0 Å². The normalized spacial score (nSPS) is 10.7. The lowest BCUT2D eigenvalue weighted by molar-refractivity contribution is 0.340. The largest absolute Gasteiger partial charge is 0.494 e. The van der Waals surface area contributed by atoms with Crippen LogP contribution in [-0.2, 0) is 0 Å². The monoisotopic (exact) mass is 270 g/mol. The maximum Gasteiger partial charge on any atom is 0.194 e. The summed E-state index contributed by atoms with van der Waals surface area (Å²) in [6.07, 6.45) is 1.65. The first-order valence-electron chi connectivity index (χ1n) is 6.27. The maximum atomic E-state index is 5.91. The summed E-state index contributed by atoms with van der Waals surface area (Å²) in [5, 5.41) is 10.6. The van der Waals surface area contributed by atoms with Crippen molar-refractivity contribution >= 4 is 5.82 Å². The fourth-order valence-electron chi connectivity index (χ4n) is 2.03. The first kappa shape index (κ1) is 12.3. The molecule has 2 aromatic heterocycles. The third-order valence-electron chi connectivity index (χ3n) is 2.92. The molecule has 0 aliphatic rings. The Bertz CT molecular complexity index is 687.